The van der Waals surface area contributed by atoms with Gasteiger partial charge in [0, 0.05) is 54.7 Å². The highest BCUT2D eigenvalue weighted by Gasteiger charge is 2.29. The van der Waals surface area contributed by atoms with Gasteiger partial charge in [0.05, 0.1) is 12.1 Å². The van der Waals surface area contributed by atoms with Crippen molar-refractivity contribution in [1.29, 1.82) is 0 Å². The molecule has 1 saturated carbocycles. The summed E-state index contributed by atoms with van der Waals surface area (Å²) in [6.45, 7) is 0.663. The summed E-state index contributed by atoms with van der Waals surface area (Å²) < 4.78 is 1.84. The molecule has 1 amide bonds. The van der Waals surface area contributed by atoms with Crippen LogP contribution in [0.1, 0.15) is 29.7 Å². The number of anilines is 2. The van der Waals surface area contributed by atoms with Crippen LogP contribution in [-0.4, -0.2) is 37.7 Å². The summed E-state index contributed by atoms with van der Waals surface area (Å²) in [6, 6.07) is 7.63. The van der Waals surface area contributed by atoms with E-state index in [1.54, 1.807) is 18.6 Å². The van der Waals surface area contributed by atoms with Crippen molar-refractivity contribution in [1.82, 2.24) is 24.7 Å². The first-order valence-electron chi connectivity index (χ1n) is 10.4. The number of pyridine rings is 3. The van der Waals surface area contributed by atoms with Crippen molar-refractivity contribution < 1.29 is 4.79 Å². The zero-order valence-corrected chi connectivity index (χ0v) is 17.5. The molecule has 1 aliphatic rings. The fourth-order valence-electron chi connectivity index (χ4n) is 3.38. The highest BCUT2D eigenvalue weighted by molar-refractivity contribution is 5.99. The van der Waals surface area contributed by atoms with E-state index in [-0.39, 0.29) is 11.8 Å². The number of amides is 1. The molecule has 0 spiro atoms. The Bertz CT molecular complexity index is 1330. The highest BCUT2D eigenvalue weighted by atomic mass is 16.2. The van der Waals surface area contributed by atoms with E-state index in [1.165, 1.54) is 0 Å². The SMILES string of the molecule is CNc1ncc(C#Cc2ccc(Cn3cccn3)cn2)c2cc(NC(=O)C3CC3)ncc12. The van der Waals surface area contributed by atoms with Gasteiger partial charge in [0.25, 0.3) is 0 Å². The van der Waals surface area contributed by atoms with Gasteiger partial charge in [-0.3, -0.25) is 9.48 Å². The Morgan fingerprint density at radius 3 is 2.75 bits per heavy atom. The summed E-state index contributed by atoms with van der Waals surface area (Å²) in [7, 11) is 1.81. The van der Waals surface area contributed by atoms with Crippen LogP contribution in [0, 0.1) is 17.8 Å². The standard InChI is InChI=1S/C24H21N7O/c1-25-23-21-14-27-22(30-24(32)17-4-5-17)11-20(21)18(13-28-23)6-8-19-7-3-16(12-26-19)15-31-10-2-9-29-31/h2-3,7,9-14,17H,4-5,15H2,1H3,(H,25,28)(H,27,30,32). The Morgan fingerprint density at radius 1 is 1.12 bits per heavy atom. The third-order valence-electron chi connectivity index (χ3n) is 5.26. The van der Waals surface area contributed by atoms with Crippen LogP contribution in [0.15, 0.2) is 55.2 Å². The van der Waals surface area contributed by atoms with E-state index in [1.807, 2.05) is 48.4 Å². The number of hydrogen-bond acceptors (Lipinski definition) is 6. The van der Waals surface area contributed by atoms with Crippen molar-refractivity contribution in [2.45, 2.75) is 19.4 Å². The molecule has 0 unspecified atom stereocenters. The number of rotatable bonds is 5. The quantitative estimate of drug-likeness (QED) is 0.479. The summed E-state index contributed by atoms with van der Waals surface area (Å²) in [5.74, 6) is 7.65. The number of aromatic nitrogens is 5. The van der Waals surface area contributed by atoms with Crippen molar-refractivity contribution in [3.63, 3.8) is 0 Å². The zero-order chi connectivity index (χ0) is 21.9. The molecule has 0 saturated heterocycles. The van der Waals surface area contributed by atoms with E-state index < -0.39 is 0 Å². The van der Waals surface area contributed by atoms with Gasteiger partial charge < -0.3 is 10.6 Å². The van der Waals surface area contributed by atoms with E-state index in [0.29, 0.717) is 23.9 Å². The molecule has 8 heteroatoms. The first-order valence-corrected chi connectivity index (χ1v) is 10.4. The Balaban J connectivity index is 1.43. The van der Waals surface area contributed by atoms with Gasteiger partial charge in [-0.1, -0.05) is 12.0 Å². The molecule has 8 nitrogen and oxygen atoms in total. The lowest BCUT2D eigenvalue weighted by molar-refractivity contribution is -0.117. The van der Waals surface area contributed by atoms with Gasteiger partial charge in [0.2, 0.25) is 5.91 Å². The minimum atomic E-state index is 0.0202. The maximum absolute atomic E-state index is 12.1. The Morgan fingerprint density at radius 2 is 2.03 bits per heavy atom. The fourth-order valence-corrected chi connectivity index (χ4v) is 3.38. The van der Waals surface area contributed by atoms with Gasteiger partial charge in [0.15, 0.2) is 0 Å². The predicted molar refractivity (Wildman–Crippen MR) is 122 cm³/mol. The summed E-state index contributed by atoms with van der Waals surface area (Å²) in [6.07, 6.45) is 10.8. The van der Waals surface area contributed by atoms with Gasteiger partial charge in [-0.25, -0.2) is 15.0 Å². The minimum absolute atomic E-state index is 0.0202. The number of fused-ring (bicyclic) bond motifs is 1. The molecule has 4 heterocycles. The molecule has 5 rings (SSSR count). The first kappa shape index (κ1) is 19.7. The predicted octanol–water partition coefficient (Wildman–Crippen LogP) is 3.06. The molecule has 4 aromatic rings. The lowest BCUT2D eigenvalue weighted by Crippen LogP contribution is -2.14. The summed E-state index contributed by atoms with van der Waals surface area (Å²) >= 11 is 0. The minimum Gasteiger partial charge on any atom is -0.373 e. The van der Waals surface area contributed by atoms with E-state index in [0.717, 1.165) is 34.7 Å². The summed E-state index contributed by atoms with van der Waals surface area (Å²) in [4.78, 5) is 25.4. The molecule has 1 fully saturated rings. The van der Waals surface area contributed by atoms with Gasteiger partial charge in [-0.05, 0) is 42.5 Å². The maximum Gasteiger partial charge on any atom is 0.228 e. The van der Waals surface area contributed by atoms with Crippen LogP contribution in [0.3, 0.4) is 0 Å². The Hall–Kier alpha value is -4.25. The monoisotopic (exact) mass is 423 g/mol. The van der Waals surface area contributed by atoms with Gasteiger partial charge in [0.1, 0.15) is 17.3 Å². The van der Waals surface area contributed by atoms with Crippen LogP contribution in [0.25, 0.3) is 10.8 Å². The van der Waals surface area contributed by atoms with Crippen molar-refractivity contribution in [3.8, 4) is 11.8 Å². The molecule has 158 valence electrons. The van der Waals surface area contributed by atoms with Crippen molar-refractivity contribution in [2.24, 2.45) is 5.92 Å². The summed E-state index contributed by atoms with van der Waals surface area (Å²) in [5.41, 5.74) is 2.45. The Kier molecular flexibility index (Phi) is 5.22. The fraction of sp³-hybridized carbons (Fsp3) is 0.208. The normalized spacial score (nSPS) is 12.8. The van der Waals surface area contributed by atoms with Crippen molar-refractivity contribution >= 4 is 28.3 Å². The number of carbonyl (C=O) groups excluding carboxylic acids is 1. The third-order valence-corrected chi connectivity index (χ3v) is 5.26. The second-order valence-corrected chi connectivity index (χ2v) is 7.65. The molecule has 0 bridgehead atoms. The van der Waals surface area contributed by atoms with Crippen LogP contribution in [0.5, 0.6) is 0 Å². The molecule has 4 aromatic heterocycles. The van der Waals surface area contributed by atoms with Gasteiger partial charge in [-0.2, -0.15) is 5.10 Å². The van der Waals surface area contributed by atoms with Crippen LogP contribution in [0.2, 0.25) is 0 Å². The molecule has 0 aliphatic heterocycles. The smallest absolute Gasteiger partial charge is 0.228 e. The molecular formula is C24H21N7O. The maximum atomic E-state index is 12.1. The molecule has 2 N–H and O–H groups in total. The lowest BCUT2D eigenvalue weighted by atomic mass is 10.1. The summed E-state index contributed by atoms with van der Waals surface area (Å²) in [5, 5.41) is 11.9. The van der Waals surface area contributed by atoms with E-state index >= 15 is 0 Å². The van der Waals surface area contributed by atoms with E-state index in [9.17, 15) is 4.79 Å². The van der Waals surface area contributed by atoms with Crippen molar-refractivity contribution in [2.75, 3.05) is 17.7 Å². The molecule has 0 atom stereocenters. The molecular weight excluding hydrogens is 402 g/mol. The third kappa shape index (κ3) is 4.27. The number of nitrogens with one attached hydrogen (secondary N) is 2. The van der Waals surface area contributed by atoms with Crippen LogP contribution < -0.4 is 10.6 Å². The molecule has 32 heavy (non-hydrogen) atoms. The molecule has 0 aromatic carbocycles. The van der Waals surface area contributed by atoms with E-state index in [2.05, 4.69) is 42.5 Å². The topological polar surface area (TPSA) is 97.6 Å². The Labute approximate surface area is 185 Å². The van der Waals surface area contributed by atoms with Gasteiger partial charge >= 0.3 is 0 Å². The largest absolute Gasteiger partial charge is 0.373 e. The van der Waals surface area contributed by atoms with Gasteiger partial charge in [-0.15, -0.1) is 0 Å². The molecule has 0 radical (unpaired) electrons. The molecule has 1 aliphatic carbocycles. The first-order chi connectivity index (χ1) is 15.7. The average molecular weight is 423 g/mol. The average Bonchev–Trinajstić information content (AvgIpc) is 3.55. The second kappa shape index (κ2) is 8.47. The second-order valence-electron chi connectivity index (χ2n) is 7.65. The number of nitrogens with zero attached hydrogens (tertiary/aromatic N) is 5. The van der Waals surface area contributed by atoms with E-state index in [4.69, 9.17) is 0 Å². The van der Waals surface area contributed by atoms with Crippen LogP contribution in [-0.2, 0) is 11.3 Å². The lowest BCUT2D eigenvalue weighted by Gasteiger charge is -2.09. The number of hydrogen-bond donors (Lipinski definition) is 2. The highest BCUT2D eigenvalue weighted by Crippen LogP contribution is 2.31. The van der Waals surface area contributed by atoms with Crippen LogP contribution >= 0.6 is 0 Å². The number of carbonyl (C=O) groups is 1. The van der Waals surface area contributed by atoms with Crippen molar-refractivity contribution in [3.05, 3.63) is 72.1 Å². The zero-order valence-electron chi connectivity index (χ0n) is 17.5. The van der Waals surface area contributed by atoms with Crippen LogP contribution in [0.4, 0.5) is 11.6 Å².